The van der Waals surface area contributed by atoms with E-state index in [1.54, 1.807) is 17.0 Å². The zero-order chi connectivity index (χ0) is 12.1. The quantitative estimate of drug-likeness (QED) is 0.842. The summed E-state index contributed by atoms with van der Waals surface area (Å²) in [5, 5.41) is 0. The highest BCUT2D eigenvalue weighted by atomic mass is 19.1. The summed E-state index contributed by atoms with van der Waals surface area (Å²) in [7, 11) is 0. The molecule has 0 aliphatic carbocycles. The Kier molecular flexibility index (Phi) is 4.43. The van der Waals surface area contributed by atoms with Gasteiger partial charge in [0.05, 0.1) is 6.54 Å². The minimum absolute atomic E-state index is 0.000620. The summed E-state index contributed by atoms with van der Waals surface area (Å²) in [6.45, 7) is 4.32. The number of hydrogen-bond donors (Lipinski definition) is 1. The normalized spacial score (nSPS) is 10.6. The lowest BCUT2D eigenvalue weighted by Crippen LogP contribution is -2.40. The fourth-order valence-electron chi connectivity index (χ4n) is 1.46. The van der Waals surface area contributed by atoms with Crippen molar-refractivity contribution in [3.63, 3.8) is 0 Å². The van der Waals surface area contributed by atoms with Crippen LogP contribution in [-0.2, 0) is 11.3 Å². The Labute approximate surface area is 95.0 Å². The molecule has 0 fully saturated rings. The largest absolute Gasteiger partial charge is 0.335 e. The zero-order valence-corrected chi connectivity index (χ0v) is 9.61. The van der Waals surface area contributed by atoms with Gasteiger partial charge in [0.25, 0.3) is 0 Å². The van der Waals surface area contributed by atoms with E-state index in [9.17, 15) is 9.18 Å². The van der Waals surface area contributed by atoms with Gasteiger partial charge in [0.2, 0.25) is 5.91 Å². The number of amides is 1. The molecule has 0 aliphatic rings. The van der Waals surface area contributed by atoms with Gasteiger partial charge in [-0.25, -0.2) is 4.39 Å². The highest BCUT2D eigenvalue weighted by Gasteiger charge is 2.15. The van der Waals surface area contributed by atoms with E-state index in [4.69, 9.17) is 5.73 Å². The van der Waals surface area contributed by atoms with Gasteiger partial charge in [0, 0.05) is 12.6 Å². The van der Waals surface area contributed by atoms with Crippen LogP contribution < -0.4 is 5.73 Å². The highest BCUT2D eigenvalue weighted by molar-refractivity contribution is 5.78. The number of benzene rings is 1. The van der Waals surface area contributed by atoms with Crippen molar-refractivity contribution in [3.8, 4) is 0 Å². The van der Waals surface area contributed by atoms with Crippen LogP contribution in [0, 0.1) is 5.82 Å². The molecule has 0 saturated carbocycles. The average Bonchev–Trinajstić information content (AvgIpc) is 2.27. The summed E-state index contributed by atoms with van der Waals surface area (Å²) < 4.78 is 12.7. The van der Waals surface area contributed by atoms with E-state index in [1.807, 2.05) is 13.8 Å². The maximum atomic E-state index is 12.7. The summed E-state index contributed by atoms with van der Waals surface area (Å²) >= 11 is 0. The topological polar surface area (TPSA) is 46.3 Å². The Morgan fingerprint density at radius 3 is 2.38 bits per heavy atom. The van der Waals surface area contributed by atoms with Gasteiger partial charge < -0.3 is 10.6 Å². The Morgan fingerprint density at radius 2 is 1.94 bits per heavy atom. The third-order valence-electron chi connectivity index (χ3n) is 2.38. The van der Waals surface area contributed by atoms with Gasteiger partial charge in [-0.1, -0.05) is 12.1 Å². The van der Waals surface area contributed by atoms with Crippen LogP contribution in [0.2, 0.25) is 0 Å². The molecule has 16 heavy (non-hydrogen) atoms. The second-order valence-electron chi connectivity index (χ2n) is 3.95. The molecule has 88 valence electrons. The van der Waals surface area contributed by atoms with Crippen LogP contribution in [0.25, 0.3) is 0 Å². The monoisotopic (exact) mass is 224 g/mol. The van der Waals surface area contributed by atoms with Gasteiger partial charge in [0.15, 0.2) is 0 Å². The van der Waals surface area contributed by atoms with Crippen molar-refractivity contribution in [3.05, 3.63) is 35.6 Å². The van der Waals surface area contributed by atoms with Crippen molar-refractivity contribution in [2.45, 2.75) is 26.4 Å². The first-order valence-electron chi connectivity index (χ1n) is 5.28. The molecule has 1 aromatic rings. The van der Waals surface area contributed by atoms with E-state index in [-0.39, 0.29) is 24.3 Å². The number of halogens is 1. The Hall–Kier alpha value is -1.42. The van der Waals surface area contributed by atoms with E-state index >= 15 is 0 Å². The molecule has 0 aliphatic heterocycles. The van der Waals surface area contributed by atoms with Gasteiger partial charge >= 0.3 is 0 Å². The smallest absolute Gasteiger partial charge is 0.236 e. The van der Waals surface area contributed by atoms with Crippen LogP contribution in [-0.4, -0.2) is 23.4 Å². The van der Waals surface area contributed by atoms with Crippen molar-refractivity contribution in [1.29, 1.82) is 0 Å². The molecule has 1 aromatic carbocycles. The molecule has 2 N–H and O–H groups in total. The van der Waals surface area contributed by atoms with Crippen molar-refractivity contribution >= 4 is 5.91 Å². The lowest BCUT2D eigenvalue weighted by molar-refractivity contribution is -0.132. The minimum atomic E-state index is -0.273. The number of rotatable bonds is 4. The summed E-state index contributed by atoms with van der Waals surface area (Å²) in [5.41, 5.74) is 6.24. The number of nitrogens with zero attached hydrogens (tertiary/aromatic N) is 1. The molecule has 3 nitrogen and oxygen atoms in total. The summed E-state index contributed by atoms with van der Waals surface area (Å²) in [5.74, 6) is -0.371. The second-order valence-corrected chi connectivity index (χ2v) is 3.95. The Bertz CT molecular complexity index is 349. The number of carbonyl (C=O) groups is 1. The maximum Gasteiger partial charge on any atom is 0.236 e. The van der Waals surface area contributed by atoms with E-state index in [0.29, 0.717) is 6.54 Å². The molecular weight excluding hydrogens is 207 g/mol. The molecule has 0 aromatic heterocycles. The lowest BCUT2D eigenvalue weighted by Gasteiger charge is -2.26. The number of carbonyl (C=O) groups excluding carboxylic acids is 1. The maximum absolute atomic E-state index is 12.7. The molecule has 0 bridgehead atoms. The fourth-order valence-corrected chi connectivity index (χ4v) is 1.46. The first-order chi connectivity index (χ1) is 7.54. The van der Waals surface area contributed by atoms with Gasteiger partial charge in [0.1, 0.15) is 5.82 Å². The third kappa shape index (κ3) is 3.31. The van der Waals surface area contributed by atoms with Gasteiger partial charge in [-0.2, -0.15) is 0 Å². The molecule has 1 amide bonds. The molecule has 0 spiro atoms. The molecule has 0 unspecified atom stereocenters. The fraction of sp³-hybridized carbons (Fsp3) is 0.417. The third-order valence-corrected chi connectivity index (χ3v) is 2.38. The van der Waals surface area contributed by atoms with Crippen molar-refractivity contribution < 1.29 is 9.18 Å². The molecule has 4 heteroatoms. The number of nitrogens with two attached hydrogens (primary N) is 1. The van der Waals surface area contributed by atoms with Crippen LogP contribution >= 0.6 is 0 Å². The standard InChI is InChI=1S/C12H17FN2O/c1-9(2)15(12(16)7-14)8-10-3-5-11(13)6-4-10/h3-6,9H,7-8,14H2,1-2H3. The molecule has 0 atom stereocenters. The Balaban J connectivity index is 2.75. The van der Waals surface area contributed by atoms with Crippen LogP contribution in [0.3, 0.4) is 0 Å². The second kappa shape index (κ2) is 5.61. The van der Waals surface area contributed by atoms with Crippen LogP contribution in [0.4, 0.5) is 4.39 Å². The van der Waals surface area contributed by atoms with Crippen LogP contribution in [0.1, 0.15) is 19.4 Å². The van der Waals surface area contributed by atoms with E-state index in [1.165, 1.54) is 12.1 Å². The first-order valence-corrected chi connectivity index (χ1v) is 5.28. The van der Waals surface area contributed by atoms with Crippen molar-refractivity contribution in [2.24, 2.45) is 5.73 Å². The van der Waals surface area contributed by atoms with Crippen LogP contribution in [0.15, 0.2) is 24.3 Å². The predicted molar refractivity (Wildman–Crippen MR) is 61.1 cm³/mol. The molecular formula is C12H17FN2O. The molecule has 0 saturated heterocycles. The van der Waals surface area contributed by atoms with E-state index in [0.717, 1.165) is 5.56 Å². The highest BCUT2D eigenvalue weighted by Crippen LogP contribution is 2.09. The van der Waals surface area contributed by atoms with Gasteiger partial charge in [-0.3, -0.25) is 4.79 Å². The molecule has 0 heterocycles. The minimum Gasteiger partial charge on any atom is -0.335 e. The molecule has 0 radical (unpaired) electrons. The Morgan fingerprint density at radius 1 is 1.38 bits per heavy atom. The van der Waals surface area contributed by atoms with Crippen molar-refractivity contribution in [2.75, 3.05) is 6.54 Å². The summed E-state index contributed by atoms with van der Waals surface area (Å²) in [6, 6.07) is 6.21. The van der Waals surface area contributed by atoms with Gasteiger partial charge in [-0.05, 0) is 31.5 Å². The van der Waals surface area contributed by atoms with E-state index < -0.39 is 0 Å². The first kappa shape index (κ1) is 12.6. The summed E-state index contributed by atoms with van der Waals surface area (Å²) in [4.78, 5) is 13.2. The predicted octanol–water partition coefficient (Wildman–Crippen LogP) is 1.52. The lowest BCUT2D eigenvalue weighted by atomic mass is 10.2. The SMILES string of the molecule is CC(C)N(Cc1ccc(F)cc1)C(=O)CN. The van der Waals surface area contributed by atoms with Crippen LogP contribution in [0.5, 0.6) is 0 Å². The van der Waals surface area contributed by atoms with E-state index in [2.05, 4.69) is 0 Å². The molecule has 1 rings (SSSR count). The zero-order valence-electron chi connectivity index (χ0n) is 9.61. The number of hydrogen-bond acceptors (Lipinski definition) is 2. The van der Waals surface area contributed by atoms with Gasteiger partial charge in [-0.15, -0.1) is 0 Å². The van der Waals surface area contributed by atoms with Crippen molar-refractivity contribution in [1.82, 2.24) is 4.90 Å². The summed E-state index contributed by atoms with van der Waals surface area (Å²) in [6.07, 6.45) is 0. The average molecular weight is 224 g/mol.